The summed E-state index contributed by atoms with van der Waals surface area (Å²) >= 11 is 0. The molecule has 4 N–H and O–H groups in total. The molecule has 0 saturated heterocycles. The van der Waals surface area contributed by atoms with E-state index < -0.39 is 15.6 Å². The van der Waals surface area contributed by atoms with E-state index >= 15 is 0 Å². The molecule has 7 heteroatoms. The molecular formula is C12H27N3O3S. The Labute approximate surface area is 116 Å². The number of sulfonamides is 1. The summed E-state index contributed by atoms with van der Waals surface area (Å²) in [5.41, 5.74) is 4.70. The number of nitrogens with one attached hydrogen (secondary N) is 2. The van der Waals surface area contributed by atoms with Crippen molar-refractivity contribution in [2.24, 2.45) is 5.73 Å². The van der Waals surface area contributed by atoms with Crippen LogP contribution in [0.5, 0.6) is 0 Å². The highest BCUT2D eigenvalue weighted by Crippen LogP contribution is 2.04. The van der Waals surface area contributed by atoms with E-state index in [9.17, 15) is 13.2 Å². The number of carbonyl (C=O) groups is 1. The van der Waals surface area contributed by atoms with Crippen molar-refractivity contribution in [1.29, 1.82) is 0 Å². The number of hydrogen-bond donors (Lipinski definition) is 3. The highest BCUT2D eigenvalue weighted by atomic mass is 32.2. The second-order valence-electron chi connectivity index (χ2n) is 5.49. The molecule has 0 rings (SSSR count). The van der Waals surface area contributed by atoms with Gasteiger partial charge in [-0.3, -0.25) is 4.79 Å². The Kier molecular flexibility index (Phi) is 8.20. The van der Waals surface area contributed by atoms with E-state index in [-0.39, 0.29) is 12.5 Å². The predicted molar refractivity (Wildman–Crippen MR) is 77.2 cm³/mol. The summed E-state index contributed by atoms with van der Waals surface area (Å²) in [5.74, 6) is -0.0453. The Morgan fingerprint density at radius 3 is 2.26 bits per heavy atom. The Bertz CT molecular complexity index is 366. The van der Waals surface area contributed by atoms with Crippen molar-refractivity contribution < 1.29 is 13.2 Å². The van der Waals surface area contributed by atoms with Crippen molar-refractivity contribution in [2.45, 2.75) is 51.5 Å². The molecule has 0 atom stereocenters. The topological polar surface area (TPSA) is 101 Å². The smallest absolute Gasteiger partial charge is 0.220 e. The minimum Gasteiger partial charge on any atom is -0.354 e. The second kappa shape index (κ2) is 8.50. The minimum atomic E-state index is -3.27. The minimum absolute atomic E-state index is 0.0453. The lowest BCUT2D eigenvalue weighted by molar-refractivity contribution is -0.121. The molecule has 6 nitrogen and oxygen atoms in total. The Balaban J connectivity index is 3.83. The van der Waals surface area contributed by atoms with Gasteiger partial charge in [-0.2, -0.15) is 0 Å². The van der Waals surface area contributed by atoms with Crippen LogP contribution in [0.1, 0.15) is 46.0 Å². The van der Waals surface area contributed by atoms with E-state index in [1.54, 1.807) is 13.8 Å². The summed E-state index contributed by atoms with van der Waals surface area (Å²) in [6.45, 7) is 4.43. The van der Waals surface area contributed by atoms with Gasteiger partial charge in [-0.15, -0.1) is 0 Å². The van der Waals surface area contributed by atoms with Gasteiger partial charge >= 0.3 is 0 Å². The summed E-state index contributed by atoms with van der Waals surface area (Å²) in [6.07, 6.45) is 5.45. The predicted octanol–water partition coefficient (Wildman–Crippen LogP) is 0.340. The first-order valence-corrected chi connectivity index (χ1v) is 8.51. The SMILES string of the molecule is CC(C)(CNC(=O)CCCCCCN)NS(C)(=O)=O. The molecule has 0 spiro atoms. The highest BCUT2D eigenvalue weighted by Gasteiger charge is 2.22. The van der Waals surface area contributed by atoms with Crippen LogP contribution in [0.25, 0.3) is 0 Å². The van der Waals surface area contributed by atoms with Crippen LogP contribution >= 0.6 is 0 Å². The van der Waals surface area contributed by atoms with E-state index in [2.05, 4.69) is 10.0 Å². The average Bonchev–Trinajstić information content (AvgIpc) is 2.23. The number of carbonyl (C=O) groups excluding carboxylic acids is 1. The lowest BCUT2D eigenvalue weighted by Gasteiger charge is -2.25. The highest BCUT2D eigenvalue weighted by molar-refractivity contribution is 7.88. The Morgan fingerprint density at radius 2 is 1.74 bits per heavy atom. The van der Waals surface area contributed by atoms with Crippen LogP contribution in [0.2, 0.25) is 0 Å². The van der Waals surface area contributed by atoms with Gasteiger partial charge in [0.1, 0.15) is 0 Å². The Morgan fingerprint density at radius 1 is 1.16 bits per heavy atom. The lowest BCUT2D eigenvalue weighted by atomic mass is 10.1. The van der Waals surface area contributed by atoms with Gasteiger partial charge < -0.3 is 11.1 Å². The summed E-state index contributed by atoms with van der Waals surface area (Å²) in [6, 6.07) is 0. The van der Waals surface area contributed by atoms with Gasteiger partial charge in [-0.05, 0) is 33.2 Å². The number of amides is 1. The summed E-state index contributed by atoms with van der Waals surface area (Å²) < 4.78 is 24.7. The number of rotatable bonds is 10. The third-order valence-electron chi connectivity index (χ3n) is 2.55. The first-order chi connectivity index (χ1) is 8.66. The van der Waals surface area contributed by atoms with Crippen LogP contribution in [-0.2, 0) is 14.8 Å². The average molecular weight is 293 g/mol. The molecular weight excluding hydrogens is 266 g/mol. The van der Waals surface area contributed by atoms with Crippen molar-refractivity contribution in [3.8, 4) is 0 Å². The van der Waals surface area contributed by atoms with Crippen LogP contribution in [0.4, 0.5) is 0 Å². The largest absolute Gasteiger partial charge is 0.354 e. The van der Waals surface area contributed by atoms with Crippen molar-refractivity contribution >= 4 is 15.9 Å². The molecule has 0 bridgehead atoms. The molecule has 0 aromatic heterocycles. The fourth-order valence-electron chi connectivity index (χ4n) is 1.73. The van der Waals surface area contributed by atoms with Gasteiger partial charge in [0.15, 0.2) is 0 Å². The van der Waals surface area contributed by atoms with Gasteiger partial charge in [-0.1, -0.05) is 12.8 Å². The Hall–Kier alpha value is -0.660. The lowest BCUT2D eigenvalue weighted by Crippen LogP contribution is -2.50. The molecule has 0 radical (unpaired) electrons. The van der Waals surface area contributed by atoms with Crippen LogP contribution in [0.15, 0.2) is 0 Å². The molecule has 0 heterocycles. The number of unbranched alkanes of at least 4 members (excludes halogenated alkanes) is 3. The zero-order valence-corrected chi connectivity index (χ0v) is 13.0. The third kappa shape index (κ3) is 12.1. The summed E-state index contributed by atoms with van der Waals surface area (Å²) in [4.78, 5) is 11.6. The molecule has 0 aliphatic rings. The second-order valence-corrected chi connectivity index (χ2v) is 7.24. The molecule has 0 saturated carbocycles. The summed E-state index contributed by atoms with van der Waals surface area (Å²) in [5, 5.41) is 2.75. The molecule has 1 amide bonds. The van der Waals surface area contributed by atoms with Gasteiger partial charge in [0.25, 0.3) is 0 Å². The van der Waals surface area contributed by atoms with Gasteiger partial charge in [0.2, 0.25) is 15.9 Å². The molecule has 0 aliphatic heterocycles. The van der Waals surface area contributed by atoms with Crippen LogP contribution in [0, 0.1) is 0 Å². The van der Waals surface area contributed by atoms with Gasteiger partial charge in [-0.25, -0.2) is 13.1 Å². The molecule has 0 aromatic carbocycles. The quantitative estimate of drug-likeness (QED) is 0.505. The summed E-state index contributed by atoms with van der Waals surface area (Å²) in [7, 11) is -3.27. The number of hydrogen-bond acceptors (Lipinski definition) is 4. The van der Waals surface area contributed by atoms with E-state index in [1.165, 1.54) is 0 Å². The molecule has 0 fully saturated rings. The zero-order chi connectivity index (χ0) is 14.9. The maximum atomic E-state index is 11.6. The third-order valence-corrected chi connectivity index (χ3v) is 3.47. The fraction of sp³-hybridized carbons (Fsp3) is 0.917. The van der Waals surface area contributed by atoms with Crippen molar-refractivity contribution in [1.82, 2.24) is 10.0 Å². The monoisotopic (exact) mass is 293 g/mol. The molecule has 0 unspecified atom stereocenters. The zero-order valence-electron chi connectivity index (χ0n) is 12.2. The maximum Gasteiger partial charge on any atom is 0.220 e. The fourth-order valence-corrected chi connectivity index (χ4v) is 2.81. The molecule has 0 aromatic rings. The molecule has 19 heavy (non-hydrogen) atoms. The number of nitrogens with two attached hydrogens (primary N) is 1. The first kappa shape index (κ1) is 18.3. The molecule has 114 valence electrons. The van der Waals surface area contributed by atoms with Crippen molar-refractivity contribution in [3.63, 3.8) is 0 Å². The van der Waals surface area contributed by atoms with Crippen LogP contribution in [0.3, 0.4) is 0 Å². The van der Waals surface area contributed by atoms with Crippen molar-refractivity contribution in [2.75, 3.05) is 19.3 Å². The van der Waals surface area contributed by atoms with Crippen LogP contribution in [-0.4, -0.2) is 39.2 Å². The van der Waals surface area contributed by atoms with Gasteiger partial charge in [0, 0.05) is 18.5 Å². The molecule has 0 aliphatic carbocycles. The van der Waals surface area contributed by atoms with E-state index in [0.717, 1.165) is 31.9 Å². The standard InChI is InChI=1S/C12H27N3O3S/c1-12(2,15-19(3,17)18)10-14-11(16)8-6-4-5-7-9-13/h15H,4-10,13H2,1-3H3,(H,14,16). The maximum absolute atomic E-state index is 11.6. The van der Waals surface area contributed by atoms with Crippen molar-refractivity contribution in [3.05, 3.63) is 0 Å². The normalized spacial score (nSPS) is 12.4. The van der Waals surface area contributed by atoms with E-state index in [4.69, 9.17) is 5.73 Å². The van der Waals surface area contributed by atoms with E-state index in [1.807, 2.05) is 0 Å². The first-order valence-electron chi connectivity index (χ1n) is 6.62. The van der Waals surface area contributed by atoms with Gasteiger partial charge in [0.05, 0.1) is 6.26 Å². The van der Waals surface area contributed by atoms with E-state index in [0.29, 0.717) is 13.0 Å². The van der Waals surface area contributed by atoms with Crippen LogP contribution < -0.4 is 15.8 Å².